The van der Waals surface area contributed by atoms with E-state index >= 15 is 0 Å². The highest BCUT2D eigenvalue weighted by atomic mass is 32.1. The standard InChI is InChI=1S/C22H21FN4O4S/c1-31-22(30)20-17(10-12-32-20)24-21(29)14-3-2-11-26(13-14)18-8-9-19(28)27(25-18)16-6-4-15(23)5-7-16/h4-10,12,14H,2-3,11,13H2,1H3,(H,24,29). The first-order valence-electron chi connectivity index (χ1n) is 10.0. The lowest BCUT2D eigenvalue weighted by Crippen LogP contribution is -2.42. The van der Waals surface area contributed by atoms with Crippen LogP contribution in [-0.2, 0) is 9.53 Å². The molecule has 2 aromatic heterocycles. The molecular weight excluding hydrogens is 435 g/mol. The lowest BCUT2D eigenvalue weighted by molar-refractivity contribution is -0.120. The number of benzene rings is 1. The second-order valence-corrected chi connectivity index (χ2v) is 8.26. The van der Waals surface area contributed by atoms with Gasteiger partial charge in [-0.3, -0.25) is 9.59 Å². The average Bonchev–Trinajstić information content (AvgIpc) is 3.27. The van der Waals surface area contributed by atoms with Crippen LogP contribution in [0.2, 0.25) is 0 Å². The van der Waals surface area contributed by atoms with E-state index in [2.05, 4.69) is 10.4 Å². The minimum Gasteiger partial charge on any atom is -0.465 e. The second-order valence-electron chi connectivity index (χ2n) is 7.35. The van der Waals surface area contributed by atoms with Crippen LogP contribution in [0, 0.1) is 11.7 Å². The number of methoxy groups -OCH3 is 1. The minimum absolute atomic E-state index is 0.190. The van der Waals surface area contributed by atoms with Crippen LogP contribution >= 0.6 is 11.3 Å². The maximum absolute atomic E-state index is 13.2. The van der Waals surface area contributed by atoms with Gasteiger partial charge in [0.2, 0.25) is 5.91 Å². The number of anilines is 2. The SMILES string of the molecule is COC(=O)c1sccc1NC(=O)C1CCCN(c2ccc(=O)n(-c3ccc(F)cc3)n2)C1. The van der Waals surface area contributed by atoms with Gasteiger partial charge in [-0.05, 0) is 54.6 Å². The number of hydrogen-bond donors (Lipinski definition) is 1. The number of hydrogen-bond acceptors (Lipinski definition) is 7. The van der Waals surface area contributed by atoms with Crippen molar-refractivity contribution in [2.75, 3.05) is 30.4 Å². The van der Waals surface area contributed by atoms with Gasteiger partial charge in [0.05, 0.1) is 24.4 Å². The van der Waals surface area contributed by atoms with E-state index in [1.54, 1.807) is 17.5 Å². The van der Waals surface area contributed by atoms with Gasteiger partial charge in [-0.1, -0.05) is 0 Å². The summed E-state index contributed by atoms with van der Waals surface area (Å²) in [4.78, 5) is 39.3. The van der Waals surface area contributed by atoms with Crippen LogP contribution in [0.1, 0.15) is 22.5 Å². The fourth-order valence-electron chi connectivity index (χ4n) is 3.63. The zero-order valence-electron chi connectivity index (χ0n) is 17.3. The van der Waals surface area contributed by atoms with Crippen LogP contribution in [0.4, 0.5) is 15.9 Å². The Kier molecular flexibility index (Phi) is 6.31. The number of rotatable bonds is 5. The highest BCUT2D eigenvalue weighted by Gasteiger charge is 2.28. The number of esters is 1. The van der Waals surface area contributed by atoms with Crippen LogP contribution < -0.4 is 15.8 Å². The highest BCUT2D eigenvalue weighted by molar-refractivity contribution is 7.12. The van der Waals surface area contributed by atoms with Gasteiger partial charge in [0.25, 0.3) is 5.56 Å². The van der Waals surface area contributed by atoms with Crippen molar-refractivity contribution in [2.45, 2.75) is 12.8 Å². The van der Waals surface area contributed by atoms with Gasteiger partial charge >= 0.3 is 5.97 Å². The Hall–Kier alpha value is -3.53. The molecule has 4 rings (SSSR count). The quantitative estimate of drug-likeness (QED) is 0.593. The summed E-state index contributed by atoms with van der Waals surface area (Å²) in [5.41, 5.74) is 0.559. The molecule has 0 aliphatic carbocycles. The number of carbonyl (C=O) groups excluding carboxylic acids is 2. The second kappa shape index (κ2) is 9.31. The summed E-state index contributed by atoms with van der Waals surface area (Å²) >= 11 is 1.20. The number of amides is 1. The van der Waals surface area contributed by atoms with E-state index in [1.165, 1.54) is 53.5 Å². The number of carbonyl (C=O) groups is 2. The number of piperidine rings is 1. The first-order chi connectivity index (χ1) is 15.5. The predicted molar refractivity (Wildman–Crippen MR) is 119 cm³/mol. The molecule has 1 saturated heterocycles. The summed E-state index contributed by atoms with van der Waals surface area (Å²) in [5, 5.41) is 8.98. The van der Waals surface area contributed by atoms with E-state index in [4.69, 9.17) is 4.74 Å². The fourth-order valence-corrected chi connectivity index (χ4v) is 4.40. The van der Waals surface area contributed by atoms with Crippen molar-refractivity contribution in [2.24, 2.45) is 5.92 Å². The van der Waals surface area contributed by atoms with Gasteiger partial charge in [0.15, 0.2) is 0 Å². The van der Waals surface area contributed by atoms with E-state index < -0.39 is 11.8 Å². The normalized spacial score (nSPS) is 15.9. The molecule has 1 N–H and O–H groups in total. The van der Waals surface area contributed by atoms with E-state index in [0.717, 1.165) is 6.42 Å². The van der Waals surface area contributed by atoms with Crippen molar-refractivity contribution in [3.63, 3.8) is 0 Å². The van der Waals surface area contributed by atoms with Crippen molar-refractivity contribution in [1.29, 1.82) is 0 Å². The number of thiophene rings is 1. The Labute approximate surface area is 187 Å². The molecule has 0 radical (unpaired) electrons. The Bertz CT molecular complexity index is 1190. The molecule has 3 heterocycles. The summed E-state index contributed by atoms with van der Waals surface area (Å²) < 4.78 is 19.2. The molecule has 1 amide bonds. The van der Waals surface area contributed by atoms with E-state index in [9.17, 15) is 18.8 Å². The van der Waals surface area contributed by atoms with Gasteiger partial charge in [0, 0.05) is 19.2 Å². The molecule has 1 aliphatic heterocycles. The molecule has 32 heavy (non-hydrogen) atoms. The van der Waals surface area contributed by atoms with E-state index in [0.29, 0.717) is 41.6 Å². The first kappa shape index (κ1) is 21.7. The molecule has 1 atom stereocenters. The molecule has 8 nitrogen and oxygen atoms in total. The maximum Gasteiger partial charge on any atom is 0.350 e. The Balaban J connectivity index is 1.51. The number of ether oxygens (including phenoxy) is 1. The zero-order chi connectivity index (χ0) is 22.7. The fraction of sp³-hybridized carbons (Fsp3) is 0.273. The van der Waals surface area contributed by atoms with Crippen molar-refractivity contribution in [3.8, 4) is 5.69 Å². The van der Waals surface area contributed by atoms with Gasteiger partial charge in [-0.25, -0.2) is 9.18 Å². The van der Waals surface area contributed by atoms with Crippen molar-refractivity contribution < 1.29 is 18.7 Å². The van der Waals surface area contributed by atoms with Gasteiger partial charge in [-0.2, -0.15) is 4.68 Å². The smallest absolute Gasteiger partial charge is 0.350 e. The first-order valence-corrected chi connectivity index (χ1v) is 10.9. The summed E-state index contributed by atoms with van der Waals surface area (Å²) in [6, 6.07) is 10.2. The summed E-state index contributed by atoms with van der Waals surface area (Å²) in [6.07, 6.45) is 1.46. The molecule has 0 spiro atoms. The van der Waals surface area contributed by atoms with Crippen molar-refractivity contribution in [3.05, 3.63) is 68.9 Å². The predicted octanol–water partition coefficient (Wildman–Crippen LogP) is 3.07. The molecule has 3 aromatic rings. The lowest BCUT2D eigenvalue weighted by Gasteiger charge is -2.32. The van der Waals surface area contributed by atoms with Crippen molar-refractivity contribution >= 4 is 34.7 Å². The van der Waals surface area contributed by atoms with Crippen LogP contribution in [0.25, 0.3) is 5.69 Å². The van der Waals surface area contributed by atoms with Gasteiger partial charge in [0.1, 0.15) is 16.5 Å². The highest BCUT2D eigenvalue weighted by Crippen LogP contribution is 2.26. The molecule has 1 unspecified atom stereocenters. The third kappa shape index (κ3) is 4.54. The number of halogens is 1. The summed E-state index contributed by atoms with van der Waals surface area (Å²) in [5.74, 6) is -0.846. The number of aromatic nitrogens is 2. The number of nitrogens with one attached hydrogen (secondary N) is 1. The Morgan fingerprint density at radius 2 is 1.97 bits per heavy atom. The van der Waals surface area contributed by atoms with Crippen LogP contribution in [0.15, 0.2) is 52.6 Å². The largest absolute Gasteiger partial charge is 0.465 e. The zero-order valence-corrected chi connectivity index (χ0v) is 18.1. The molecule has 10 heteroatoms. The molecule has 0 saturated carbocycles. The Morgan fingerprint density at radius 1 is 1.19 bits per heavy atom. The molecule has 166 valence electrons. The van der Waals surface area contributed by atoms with Gasteiger partial charge in [-0.15, -0.1) is 16.4 Å². The van der Waals surface area contributed by atoms with Crippen molar-refractivity contribution in [1.82, 2.24) is 9.78 Å². The molecule has 1 aliphatic rings. The Morgan fingerprint density at radius 3 is 2.72 bits per heavy atom. The minimum atomic E-state index is -0.493. The third-order valence-electron chi connectivity index (χ3n) is 5.27. The summed E-state index contributed by atoms with van der Waals surface area (Å²) in [6.45, 7) is 1.10. The van der Waals surface area contributed by atoms with Gasteiger partial charge < -0.3 is 15.0 Å². The monoisotopic (exact) mass is 456 g/mol. The van der Waals surface area contributed by atoms with E-state index in [1.807, 2.05) is 4.90 Å². The molecule has 1 aromatic carbocycles. The van der Waals surface area contributed by atoms with E-state index in [-0.39, 0.29) is 17.4 Å². The topological polar surface area (TPSA) is 93.5 Å². The third-order valence-corrected chi connectivity index (χ3v) is 6.16. The average molecular weight is 456 g/mol. The molecule has 0 bridgehead atoms. The number of nitrogens with zero attached hydrogens (tertiary/aromatic N) is 3. The maximum atomic E-state index is 13.2. The molecule has 1 fully saturated rings. The lowest BCUT2D eigenvalue weighted by atomic mass is 9.97. The van der Waals surface area contributed by atoms with Crippen LogP contribution in [0.5, 0.6) is 0 Å². The summed E-state index contributed by atoms with van der Waals surface area (Å²) in [7, 11) is 1.30. The van der Waals surface area contributed by atoms with Crippen LogP contribution in [-0.4, -0.2) is 41.9 Å². The molecular formula is C22H21FN4O4S. The van der Waals surface area contributed by atoms with Crippen LogP contribution in [0.3, 0.4) is 0 Å².